The molecule has 1 heterocycles. The molecule has 1 fully saturated rings. The van der Waals surface area contributed by atoms with Crippen LogP contribution in [-0.4, -0.2) is 45.8 Å². The Bertz CT molecular complexity index is 588. The summed E-state index contributed by atoms with van der Waals surface area (Å²) in [4.78, 5) is 29.2. The van der Waals surface area contributed by atoms with Gasteiger partial charge in [-0.3, -0.25) is 9.59 Å². The molecule has 5 nitrogen and oxygen atoms in total. The summed E-state index contributed by atoms with van der Waals surface area (Å²) < 4.78 is 2.04. The second kappa shape index (κ2) is 8.54. The molecule has 2 amide bonds. The number of carbonyl (C=O) groups is 2. The maximum absolute atomic E-state index is 13.0. The van der Waals surface area contributed by atoms with Gasteiger partial charge >= 0.3 is 0 Å². The van der Waals surface area contributed by atoms with E-state index in [4.69, 9.17) is 0 Å². The Hall–Kier alpha value is -1.78. The molecule has 0 atom stereocenters. The standard InChI is InChI=1S/C20H33N3O2/c1-15(2)11-22(13-18-7-6-10-21(18)5)19(24)14-23(12-16(3)4)20(25)17-8-9-17/h6-7,10,15-17H,8-9,11-14H2,1-5H3. The normalized spacial score (nSPS) is 14.2. The van der Waals surface area contributed by atoms with E-state index in [1.54, 1.807) is 4.90 Å². The average Bonchev–Trinajstić information content (AvgIpc) is 3.28. The lowest BCUT2D eigenvalue weighted by atomic mass is 10.1. The number of aromatic nitrogens is 1. The number of nitrogens with zero attached hydrogens (tertiary/aromatic N) is 3. The summed E-state index contributed by atoms with van der Waals surface area (Å²) in [6.07, 6.45) is 3.94. The zero-order chi connectivity index (χ0) is 18.6. The Morgan fingerprint density at radius 3 is 2.20 bits per heavy atom. The van der Waals surface area contributed by atoms with Crippen LogP contribution in [0.3, 0.4) is 0 Å². The van der Waals surface area contributed by atoms with Crippen LogP contribution in [0.5, 0.6) is 0 Å². The lowest BCUT2D eigenvalue weighted by Crippen LogP contribution is -2.45. The number of hydrogen-bond acceptors (Lipinski definition) is 2. The summed E-state index contributed by atoms with van der Waals surface area (Å²) in [5.74, 6) is 1.11. The van der Waals surface area contributed by atoms with Gasteiger partial charge in [0.2, 0.25) is 11.8 Å². The molecule has 0 aromatic carbocycles. The third kappa shape index (κ3) is 5.91. The molecule has 0 radical (unpaired) electrons. The molecule has 5 heteroatoms. The quantitative estimate of drug-likeness (QED) is 0.689. The zero-order valence-electron chi connectivity index (χ0n) is 16.4. The molecule has 0 bridgehead atoms. The van der Waals surface area contributed by atoms with Crippen molar-refractivity contribution >= 4 is 11.8 Å². The predicted octanol–water partition coefficient (Wildman–Crippen LogP) is 2.90. The van der Waals surface area contributed by atoms with Gasteiger partial charge in [-0.2, -0.15) is 0 Å². The maximum Gasteiger partial charge on any atom is 0.242 e. The molecule has 1 aromatic heterocycles. The van der Waals surface area contributed by atoms with Crippen molar-refractivity contribution in [2.24, 2.45) is 24.8 Å². The number of amides is 2. The lowest BCUT2D eigenvalue weighted by molar-refractivity contribution is -0.142. The Labute approximate surface area is 152 Å². The SMILES string of the molecule is CC(C)CN(Cc1cccn1C)C(=O)CN(CC(C)C)C(=O)C1CC1. The third-order valence-electron chi connectivity index (χ3n) is 4.49. The number of rotatable bonds is 9. The second-order valence-electron chi connectivity index (χ2n) is 8.17. The monoisotopic (exact) mass is 347 g/mol. The van der Waals surface area contributed by atoms with Gasteiger partial charge in [0.15, 0.2) is 0 Å². The van der Waals surface area contributed by atoms with Gasteiger partial charge in [-0.25, -0.2) is 0 Å². The molecule has 2 rings (SSSR count). The minimum atomic E-state index is 0.0459. The van der Waals surface area contributed by atoms with Gasteiger partial charge in [-0.15, -0.1) is 0 Å². The van der Waals surface area contributed by atoms with E-state index in [9.17, 15) is 9.59 Å². The molecule has 0 N–H and O–H groups in total. The van der Waals surface area contributed by atoms with Crippen LogP contribution >= 0.6 is 0 Å². The fraction of sp³-hybridized carbons (Fsp3) is 0.700. The van der Waals surface area contributed by atoms with Gasteiger partial charge < -0.3 is 14.4 Å². The summed E-state index contributed by atoms with van der Waals surface area (Å²) in [6.45, 7) is 10.6. The predicted molar refractivity (Wildman–Crippen MR) is 99.8 cm³/mol. The van der Waals surface area contributed by atoms with E-state index in [1.165, 1.54) is 0 Å². The van der Waals surface area contributed by atoms with Gasteiger partial charge in [-0.05, 0) is 36.8 Å². The lowest BCUT2D eigenvalue weighted by Gasteiger charge is -2.30. The summed E-state index contributed by atoms with van der Waals surface area (Å²) in [6, 6.07) is 4.04. The third-order valence-corrected chi connectivity index (χ3v) is 4.49. The summed E-state index contributed by atoms with van der Waals surface area (Å²) in [5, 5.41) is 0. The molecule has 0 spiro atoms. The van der Waals surface area contributed by atoms with E-state index in [-0.39, 0.29) is 24.3 Å². The van der Waals surface area contributed by atoms with Crippen LogP contribution < -0.4 is 0 Å². The molecule has 1 saturated carbocycles. The highest BCUT2D eigenvalue weighted by Crippen LogP contribution is 2.31. The highest BCUT2D eigenvalue weighted by Gasteiger charge is 2.35. The van der Waals surface area contributed by atoms with Crippen LogP contribution in [0.15, 0.2) is 18.3 Å². The van der Waals surface area contributed by atoms with E-state index in [1.807, 2.05) is 34.8 Å². The van der Waals surface area contributed by atoms with E-state index < -0.39 is 0 Å². The highest BCUT2D eigenvalue weighted by atomic mass is 16.2. The van der Waals surface area contributed by atoms with Gasteiger partial charge in [-0.1, -0.05) is 27.7 Å². The van der Waals surface area contributed by atoms with Gasteiger partial charge in [0.25, 0.3) is 0 Å². The van der Waals surface area contributed by atoms with Gasteiger partial charge in [0.1, 0.15) is 0 Å². The van der Waals surface area contributed by atoms with Crippen LogP contribution in [0.4, 0.5) is 0 Å². The van der Waals surface area contributed by atoms with Crippen molar-refractivity contribution in [3.63, 3.8) is 0 Å². The Balaban J connectivity index is 2.07. The molecule has 1 aliphatic carbocycles. The van der Waals surface area contributed by atoms with Crippen molar-refractivity contribution in [2.45, 2.75) is 47.1 Å². The number of carbonyl (C=O) groups excluding carboxylic acids is 2. The second-order valence-corrected chi connectivity index (χ2v) is 8.17. The smallest absolute Gasteiger partial charge is 0.242 e. The minimum Gasteiger partial charge on any atom is -0.353 e. The summed E-state index contributed by atoms with van der Waals surface area (Å²) >= 11 is 0. The fourth-order valence-corrected chi connectivity index (χ4v) is 3.08. The Morgan fingerprint density at radius 2 is 1.72 bits per heavy atom. The molecule has 1 aliphatic rings. The van der Waals surface area contributed by atoms with Crippen LogP contribution in [0.25, 0.3) is 0 Å². The maximum atomic E-state index is 13.0. The summed E-state index contributed by atoms with van der Waals surface area (Å²) in [5.41, 5.74) is 1.11. The van der Waals surface area contributed by atoms with Crippen molar-refractivity contribution < 1.29 is 9.59 Å². The van der Waals surface area contributed by atoms with E-state index >= 15 is 0 Å². The molecular weight excluding hydrogens is 314 g/mol. The Kier molecular flexibility index (Phi) is 6.68. The number of aryl methyl sites for hydroxylation is 1. The van der Waals surface area contributed by atoms with E-state index in [0.717, 1.165) is 18.5 Å². The topological polar surface area (TPSA) is 45.6 Å². The molecule has 25 heavy (non-hydrogen) atoms. The van der Waals surface area contributed by atoms with Crippen molar-refractivity contribution in [3.8, 4) is 0 Å². The fourth-order valence-electron chi connectivity index (χ4n) is 3.08. The summed E-state index contributed by atoms with van der Waals surface area (Å²) in [7, 11) is 2.00. The van der Waals surface area contributed by atoms with Crippen LogP contribution in [0, 0.1) is 17.8 Å². The van der Waals surface area contributed by atoms with Crippen LogP contribution in [-0.2, 0) is 23.2 Å². The van der Waals surface area contributed by atoms with Crippen LogP contribution in [0.1, 0.15) is 46.2 Å². The minimum absolute atomic E-state index is 0.0459. The Morgan fingerprint density at radius 1 is 1.12 bits per heavy atom. The molecule has 0 saturated heterocycles. The first-order valence-electron chi connectivity index (χ1n) is 9.44. The molecule has 0 unspecified atom stereocenters. The number of hydrogen-bond donors (Lipinski definition) is 0. The highest BCUT2D eigenvalue weighted by molar-refractivity contribution is 5.87. The van der Waals surface area contributed by atoms with Crippen LogP contribution in [0.2, 0.25) is 0 Å². The van der Waals surface area contributed by atoms with Crippen molar-refractivity contribution in [1.82, 2.24) is 14.4 Å². The first-order valence-corrected chi connectivity index (χ1v) is 9.44. The van der Waals surface area contributed by atoms with Crippen molar-refractivity contribution in [1.29, 1.82) is 0 Å². The van der Waals surface area contributed by atoms with Crippen molar-refractivity contribution in [3.05, 3.63) is 24.0 Å². The van der Waals surface area contributed by atoms with E-state index in [0.29, 0.717) is 31.5 Å². The molecule has 140 valence electrons. The first kappa shape index (κ1) is 19.5. The van der Waals surface area contributed by atoms with Gasteiger partial charge in [0.05, 0.1) is 13.1 Å². The average molecular weight is 348 g/mol. The van der Waals surface area contributed by atoms with Crippen molar-refractivity contribution in [2.75, 3.05) is 19.6 Å². The van der Waals surface area contributed by atoms with Gasteiger partial charge in [0, 0.05) is 37.9 Å². The first-order chi connectivity index (χ1) is 11.8. The molecule has 0 aliphatic heterocycles. The molecule has 1 aromatic rings. The van der Waals surface area contributed by atoms with E-state index in [2.05, 4.69) is 27.7 Å². The zero-order valence-corrected chi connectivity index (χ0v) is 16.4. The largest absolute Gasteiger partial charge is 0.353 e. The molecular formula is C20H33N3O2.